The monoisotopic (exact) mass is 222 g/mol. The second kappa shape index (κ2) is 4.24. The number of primary amides is 1. The molecule has 1 aromatic carbocycles. The summed E-state index contributed by atoms with van der Waals surface area (Å²) in [6.45, 7) is 0. The Hall–Kier alpha value is -1.66. The predicted octanol–water partition coefficient (Wildman–Crippen LogP) is 1.43. The first-order valence-electron chi connectivity index (χ1n) is 4.31. The van der Waals surface area contributed by atoms with Crippen LogP contribution in [0.15, 0.2) is 41.9 Å². The van der Waals surface area contributed by atoms with Gasteiger partial charge in [-0.15, -0.1) is 0 Å². The molecule has 0 unspecified atom stereocenters. The number of rotatable bonds is 2. The van der Waals surface area contributed by atoms with Crippen LogP contribution in [0.5, 0.6) is 0 Å². The number of nitrogens with zero attached hydrogens (tertiary/aromatic N) is 2. The van der Waals surface area contributed by atoms with E-state index < -0.39 is 6.03 Å². The minimum absolute atomic E-state index is 0.537. The molecule has 78 valence electrons. The van der Waals surface area contributed by atoms with Gasteiger partial charge in [0.15, 0.2) is 0 Å². The van der Waals surface area contributed by atoms with E-state index in [0.717, 1.165) is 0 Å². The minimum atomic E-state index is -0.537. The summed E-state index contributed by atoms with van der Waals surface area (Å²) in [6.07, 6.45) is 1.73. The third-order valence-electron chi connectivity index (χ3n) is 1.80. The normalized spacial score (nSPS) is 14.9. The van der Waals surface area contributed by atoms with Gasteiger partial charge in [0.05, 0.1) is 5.69 Å². The largest absolute Gasteiger partial charge is 0.350 e. The maximum Gasteiger partial charge on any atom is 0.336 e. The van der Waals surface area contributed by atoms with Crippen molar-refractivity contribution in [3.8, 4) is 0 Å². The van der Waals surface area contributed by atoms with Gasteiger partial charge in [0.25, 0.3) is 0 Å². The molecule has 0 fully saturated rings. The number of hydrazine groups is 2. The van der Waals surface area contributed by atoms with E-state index in [-0.39, 0.29) is 0 Å². The molecular weight excluding hydrogens is 212 g/mol. The van der Waals surface area contributed by atoms with Crippen LogP contribution in [0.4, 0.5) is 10.5 Å². The number of hydrogen-bond donors (Lipinski definition) is 2. The van der Waals surface area contributed by atoms with Gasteiger partial charge in [0, 0.05) is 11.6 Å². The molecule has 3 N–H and O–H groups in total. The second-order valence-corrected chi connectivity index (χ2v) is 3.62. The zero-order chi connectivity index (χ0) is 10.7. The fourth-order valence-corrected chi connectivity index (χ4v) is 1.84. The van der Waals surface area contributed by atoms with Crippen molar-refractivity contribution in [2.24, 2.45) is 5.73 Å². The first-order chi connectivity index (χ1) is 7.29. The predicted molar refractivity (Wildman–Crippen MR) is 60.2 cm³/mol. The number of urea groups is 1. The van der Waals surface area contributed by atoms with Crippen LogP contribution in [0.1, 0.15) is 0 Å². The van der Waals surface area contributed by atoms with Crippen LogP contribution in [0, 0.1) is 0 Å². The molecule has 2 amide bonds. The molecule has 0 aliphatic carbocycles. The van der Waals surface area contributed by atoms with Crippen LogP contribution >= 0.6 is 11.9 Å². The van der Waals surface area contributed by atoms with Crippen LogP contribution in [-0.2, 0) is 0 Å². The number of amides is 2. The quantitative estimate of drug-likeness (QED) is 0.743. The lowest BCUT2D eigenvalue weighted by Crippen LogP contribution is -2.49. The average molecular weight is 222 g/mol. The van der Waals surface area contributed by atoms with Crippen LogP contribution in [0.25, 0.3) is 0 Å². The third-order valence-corrected chi connectivity index (χ3v) is 2.53. The van der Waals surface area contributed by atoms with Gasteiger partial charge < -0.3 is 5.73 Å². The van der Waals surface area contributed by atoms with Crippen LogP contribution in [0.3, 0.4) is 0 Å². The van der Waals surface area contributed by atoms with Gasteiger partial charge in [-0.05, 0) is 24.1 Å². The molecule has 0 atom stereocenters. The fourth-order valence-electron chi connectivity index (χ4n) is 1.21. The molecule has 0 saturated heterocycles. The number of carbonyl (C=O) groups is 1. The van der Waals surface area contributed by atoms with E-state index in [1.54, 1.807) is 10.7 Å². The Labute approximate surface area is 91.6 Å². The van der Waals surface area contributed by atoms with Crippen molar-refractivity contribution in [1.29, 1.82) is 0 Å². The molecule has 0 spiro atoms. The summed E-state index contributed by atoms with van der Waals surface area (Å²) in [4.78, 5) is 11.3. The number of nitrogens with one attached hydrogen (secondary N) is 1. The standard InChI is InChI=1S/C9H10N4OS/c10-9(14)12(13-11-6-7-15-13)8-4-2-1-3-5-8/h1-7,11H,(H2,10,14). The van der Waals surface area contributed by atoms with Gasteiger partial charge in [-0.2, -0.15) is 5.01 Å². The summed E-state index contributed by atoms with van der Waals surface area (Å²) in [5, 5.41) is 3.17. The number of nitrogens with two attached hydrogens (primary N) is 1. The maximum absolute atomic E-state index is 11.3. The number of hydrogen-bond acceptors (Lipinski definition) is 4. The SMILES string of the molecule is NC(=O)N(c1ccccc1)N1NC=CS1. The van der Waals surface area contributed by atoms with E-state index in [4.69, 9.17) is 5.73 Å². The third kappa shape index (κ3) is 2.05. The molecular formula is C9H10N4OS. The lowest BCUT2D eigenvalue weighted by atomic mass is 10.3. The molecule has 2 rings (SSSR count). The van der Waals surface area contributed by atoms with Crippen molar-refractivity contribution in [1.82, 2.24) is 9.95 Å². The highest BCUT2D eigenvalue weighted by Gasteiger charge is 2.22. The summed E-state index contributed by atoms with van der Waals surface area (Å²) < 4.78 is 1.55. The number of carbonyl (C=O) groups excluding carboxylic acids is 1. The molecule has 0 aromatic heterocycles. The number of para-hydroxylation sites is 1. The summed E-state index contributed by atoms with van der Waals surface area (Å²) in [5.74, 6) is 0. The van der Waals surface area contributed by atoms with E-state index >= 15 is 0 Å². The lowest BCUT2D eigenvalue weighted by Gasteiger charge is -2.27. The maximum atomic E-state index is 11.3. The molecule has 1 aromatic rings. The van der Waals surface area contributed by atoms with E-state index in [2.05, 4.69) is 5.43 Å². The molecule has 1 aliphatic rings. The molecule has 1 heterocycles. The van der Waals surface area contributed by atoms with E-state index in [9.17, 15) is 4.79 Å². The number of benzene rings is 1. The van der Waals surface area contributed by atoms with Gasteiger partial charge in [0.1, 0.15) is 0 Å². The molecule has 0 saturated carbocycles. The Kier molecular flexibility index (Phi) is 2.79. The summed E-state index contributed by atoms with van der Waals surface area (Å²) >= 11 is 1.34. The zero-order valence-corrected chi connectivity index (χ0v) is 8.65. The second-order valence-electron chi connectivity index (χ2n) is 2.80. The summed E-state index contributed by atoms with van der Waals surface area (Å²) in [7, 11) is 0. The Morgan fingerprint density at radius 3 is 2.67 bits per heavy atom. The van der Waals surface area contributed by atoms with E-state index in [1.807, 2.05) is 35.7 Å². The highest BCUT2D eigenvalue weighted by atomic mass is 32.2. The first-order valence-corrected chi connectivity index (χ1v) is 5.15. The zero-order valence-electron chi connectivity index (χ0n) is 7.83. The van der Waals surface area contributed by atoms with Gasteiger partial charge in [-0.1, -0.05) is 22.7 Å². The highest BCUT2D eigenvalue weighted by molar-refractivity contribution is 8.00. The minimum Gasteiger partial charge on any atom is -0.350 e. The molecule has 0 bridgehead atoms. The number of anilines is 1. The van der Waals surface area contributed by atoms with Crippen LogP contribution in [0.2, 0.25) is 0 Å². The van der Waals surface area contributed by atoms with Gasteiger partial charge in [0.2, 0.25) is 0 Å². The van der Waals surface area contributed by atoms with Crippen molar-refractivity contribution in [3.63, 3.8) is 0 Å². The van der Waals surface area contributed by atoms with Crippen molar-refractivity contribution in [2.45, 2.75) is 0 Å². The molecule has 1 aliphatic heterocycles. The van der Waals surface area contributed by atoms with Crippen molar-refractivity contribution < 1.29 is 4.79 Å². The lowest BCUT2D eigenvalue weighted by molar-refractivity contribution is 0.241. The average Bonchev–Trinajstić information content (AvgIpc) is 2.72. The van der Waals surface area contributed by atoms with E-state index in [1.165, 1.54) is 17.0 Å². The molecule has 0 radical (unpaired) electrons. The van der Waals surface area contributed by atoms with Crippen LogP contribution in [-0.4, -0.2) is 10.6 Å². The van der Waals surface area contributed by atoms with Crippen molar-refractivity contribution >= 4 is 23.7 Å². The topological polar surface area (TPSA) is 61.6 Å². The van der Waals surface area contributed by atoms with Gasteiger partial charge in [-0.25, -0.2) is 4.79 Å². The molecule has 15 heavy (non-hydrogen) atoms. The smallest absolute Gasteiger partial charge is 0.336 e. The highest BCUT2D eigenvalue weighted by Crippen LogP contribution is 2.23. The summed E-state index contributed by atoms with van der Waals surface area (Å²) in [6, 6.07) is 8.66. The Morgan fingerprint density at radius 2 is 2.13 bits per heavy atom. The Bertz CT molecular complexity index is 373. The fraction of sp³-hybridized carbons (Fsp3) is 0. The Morgan fingerprint density at radius 1 is 1.40 bits per heavy atom. The Balaban J connectivity index is 2.24. The van der Waals surface area contributed by atoms with E-state index in [0.29, 0.717) is 5.69 Å². The van der Waals surface area contributed by atoms with Gasteiger partial charge in [-0.3, -0.25) is 5.43 Å². The molecule has 5 nitrogen and oxygen atoms in total. The first kappa shape index (κ1) is 9.88. The van der Waals surface area contributed by atoms with Gasteiger partial charge >= 0.3 is 6.03 Å². The van der Waals surface area contributed by atoms with Crippen LogP contribution < -0.4 is 16.2 Å². The van der Waals surface area contributed by atoms with Crippen molar-refractivity contribution in [2.75, 3.05) is 5.01 Å². The summed E-state index contributed by atoms with van der Waals surface area (Å²) in [5.41, 5.74) is 8.91. The molecule has 6 heteroatoms. The van der Waals surface area contributed by atoms with Crippen molar-refractivity contribution in [3.05, 3.63) is 41.9 Å².